The minimum Gasteiger partial charge on any atom is -0.395 e. The summed E-state index contributed by atoms with van der Waals surface area (Å²) in [5.41, 5.74) is 0. The van der Waals surface area contributed by atoms with E-state index in [1.807, 2.05) is 0 Å². The summed E-state index contributed by atoms with van der Waals surface area (Å²) < 4.78 is 83.0. The molecule has 1 N–H and O–H groups in total. The molecule has 0 fully saturated rings. The number of halogens is 8. The first-order chi connectivity index (χ1) is 6.45. The molecule has 0 unspecified atom stereocenters. The van der Waals surface area contributed by atoms with E-state index >= 15 is 0 Å². The Kier molecular flexibility index (Phi) is 4.66. The van der Waals surface area contributed by atoms with Gasteiger partial charge in [-0.1, -0.05) is 22.6 Å². The Balaban J connectivity index is 4.85. The van der Waals surface area contributed by atoms with E-state index in [4.69, 9.17) is 5.11 Å². The number of hydrogen-bond acceptors (Lipinski definition) is 1. The first-order valence-electron chi connectivity index (χ1n) is 3.53. The van der Waals surface area contributed by atoms with Gasteiger partial charge >= 0.3 is 18.0 Å². The van der Waals surface area contributed by atoms with Crippen LogP contribution < -0.4 is 0 Å². The van der Waals surface area contributed by atoms with E-state index in [2.05, 4.69) is 0 Å². The molecular weight excluding hydrogens is 348 g/mol. The Morgan fingerprint density at radius 3 is 1.67 bits per heavy atom. The molecule has 0 saturated carbocycles. The molecule has 0 saturated heterocycles. The van der Waals surface area contributed by atoms with Crippen molar-refractivity contribution >= 4 is 22.6 Å². The van der Waals surface area contributed by atoms with Crippen molar-refractivity contribution in [1.29, 1.82) is 0 Å². The molecule has 0 aromatic heterocycles. The minimum atomic E-state index is -6.30. The fourth-order valence-corrected chi connectivity index (χ4v) is 1.23. The van der Waals surface area contributed by atoms with Crippen LogP contribution >= 0.6 is 22.6 Å². The number of aliphatic hydroxyl groups excluding tert-OH is 1. The van der Waals surface area contributed by atoms with E-state index in [0.29, 0.717) is 0 Å². The molecule has 0 aliphatic carbocycles. The Bertz CT molecular complexity index is 214. The van der Waals surface area contributed by atoms with Gasteiger partial charge in [-0.05, 0) is 0 Å². The lowest BCUT2D eigenvalue weighted by atomic mass is 10.1. The van der Waals surface area contributed by atoms with E-state index in [9.17, 15) is 30.7 Å². The second-order valence-electron chi connectivity index (χ2n) is 2.76. The van der Waals surface area contributed by atoms with Crippen molar-refractivity contribution in [3.63, 3.8) is 0 Å². The van der Waals surface area contributed by atoms with Crippen LogP contribution in [0.4, 0.5) is 30.7 Å². The number of hydrogen-bond donors (Lipinski definition) is 1. The van der Waals surface area contributed by atoms with E-state index < -0.39 is 35.0 Å². The maximum absolute atomic E-state index is 12.5. The molecule has 0 aliphatic heterocycles. The van der Waals surface area contributed by atoms with Gasteiger partial charge in [-0.3, -0.25) is 0 Å². The molecule has 0 aromatic rings. The average molecular weight is 354 g/mol. The highest BCUT2D eigenvalue weighted by Gasteiger charge is 2.72. The Labute approximate surface area is 93.8 Å². The SMILES string of the molecule is OC[C@H](I)CC(F)(F)C(F)(F)C(F)(F)F. The fraction of sp³-hybridized carbons (Fsp3) is 1.00. The van der Waals surface area contributed by atoms with Gasteiger partial charge in [0.1, 0.15) is 0 Å². The third-order valence-electron chi connectivity index (χ3n) is 1.49. The maximum Gasteiger partial charge on any atom is 0.459 e. The highest BCUT2D eigenvalue weighted by molar-refractivity contribution is 14.1. The summed E-state index contributed by atoms with van der Waals surface area (Å²) in [6, 6.07) is 0. The number of rotatable bonds is 4. The molecule has 92 valence electrons. The molecule has 0 bridgehead atoms. The van der Waals surface area contributed by atoms with Crippen molar-refractivity contribution in [2.45, 2.75) is 28.4 Å². The lowest BCUT2D eigenvalue weighted by Gasteiger charge is -2.29. The topological polar surface area (TPSA) is 20.2 Å². The van der Waals surface area contributed by atoms with Crippen molar-refractivity contribution in [3.8, 4) is 0 Å². The molecule has 1 nitrogen and oxygen atoms in total. The molecular formula is C6H6F7IO. The van der Waals surface area contributed by atoms with Gasteiger partial charge in [0.2, 0.25) is 0 Å². The molecule has 0 aliphatic rings. The minimum absolute atomic E-state index is 0.899. The van der Waals surface area contributed by atoms with Gasteiger partial charge in [0.05, 0.1) is 6.61 Å². The van der Waals surface area contributed by atoms with Gasteiger partial charge in [0.15, 0.2) is 0 Å². The largest absolute Gasteiger partial charge is 0.459 e. The Morgan fingerprint density at radius 2 is 1.40 bits per heavy atom. The molecule has 15 heavy (non-hydrogen) atoms. The maximum atomic E-state index is 12.5. The van der Waals surface area contributed by atoms with Crippen LogP contribution in [0.1, 0.15) is 6.42 Å². The summed E-state index contributed by atoms with van der Waals surface area (Å²) in [7, 11) is 0. The molecule has 9 heteroatoms. The van der Waals surface area contributed by atoms with E-state index in [1.54, 1.807) is 0 Å². The van der Waals surface area contributed by atoms with Crippen molar-refractivity contribution in [1.82, 2.24) is 0 Å². The predicted octanol–water partition coefficient (Wildman–Crippen LogP) is 3.01. The van der Waals surface area contributed by atoms with Crippen molar-refractivity contribution in [2.24, 2.45) is 0 Å². The van der Waals surface area contributed by atoms with Gasteiger partial charge in [-0.2, -0.15) is 30.7 Å². The van der Waals surface area contributed by atoms with E-state index in [0.717, 1.165) is 0 Å². The van der Waals surface area contributed by atoms with Crippen LogP contribution in [0.2, 0.25) is 0 Å². The zero-order valence-corrected chi connectivity index (χ0v) is 9.12. The molecule has 0 amide bonds. The monoisotopic (exact) mass is 354 g/mol. The number of alkyl halides is 8. The molecule has 0 aromatic carbocycles. The molecule has 0 radical (unpaired) electrons. The Hall–Kier alpha value is 0.200. The van der Waals surface area contributed by atoms with Crippen molar-refractivity contribution < 1.29 is 35.8 Å². The van der Waals surface area contributed by atoms with E-state index in [-0.39, 0.29) is 0 Å². The third-order valence-corrected chi connectivity index (χ3v) is 2.33. The summed E-state index contributed by atoms with van der Waals surface area (Å²) in [6.45, 7) is -0.899. The molecule has 1 atom stereocenters. The van der Waals surface area contributed by atoms with Crippen LogP contribution in [0.5, 0.6) is 0 Å². The van der Waals surface area contributed by atoms with Gasteiger partial charge < -0.3 is 5.11 Å². The average Bonchev–Trinajstić information content (AvgIpc) is 2.00. The summed E-state index contributed by atoms with van der Waals surface area (Å²) >= 11 is 1.17. The van der Waals surface area contributed by atoms with Gasteiger partial charge in [0, 0.05) is 10.3 Å². The Morgan fingerprint density at radius 1 is 1.00 bits per heavy atom. The van der Waals surface area contributed by atoms with Crippen LogP contribution in [0.15, 0.2) is 0 Å². The lowest BCUT2D eigenvalue weighted by Crippen LogP contribution is -2.52. The normalized spacial score (nSPS) is 16.6. The predicted molar refractivity (Wildman–Crippen MR) is 45.5 cm³/mol. The zero-order chi connectivity index (χ0) is 12.5. The van der Waals surface area contributed by atoms with Gasteiger partial charge in [-0.15, -0.1) is 0 Å². The second-order valence-corrected chi connectivity index (χ2v) is 4.52. The van der Waals surface area contributed by atoms with E-state index in [1.165, 1.54) is 22.6 Å². The third kappa shape index (κ3) is 3.33. The van der Waals surface area contributed by atoms with Crippen molar-refractivity contribution in [3.05, 3.63) is 0 Å². The van der Waals surface area contributed by atoms with Crippen LogP contribution in [0.3, 0.4) is 0 Å². The summed E-state index contributed by atoms with van der Waals surface area (Å²) in [4.78, 5) is 0. The standard InChI is InChI=1S/C6H6F7IO/c7-4(8,1-3(14)2-15)5(9,10)6(11,12)13/h3,15H,1-2H2/t3-/m1/s1. The highest BCUT2D eigenvalue weighted by atomic mass is 127. The van der Waals surface area contributed by atoms with Crippen LogP contribution in [0.25, 0.3) is 0 Å². The summed E-state index contributed by atoms with van der Waals surface area (Å²) in [6.07, 6.45) is -8.04. The number of aliphatic hydroxyl groups is 1. The second kappa shape index (κ2) is 4.60. The smallest absolute Gasteiger partial charge is 0.395 e. The van der Waals surface area contributed by atoms with Gasteiger partial charge in [-0.25, -0.2) is 0 Å². The molecule has 0 rings (SSSR count). The summed E-state index contributed by atoms with van der Waals surface area (Å²) in [5.74, 6) is -11.3. The van der Waals surface area contributed by atoms with Crippen LogP contribution in [0, 0.1) is 0 Å². The fourth-order valence-electron chi connectivity index (χ4n) is 0.678. The molecule has 0 heterocycles. The van der Waals surface area contributed by atoms with Gasteiger partial charge in [0.25, 0.3) is 0 Å². The molecule has 0 spiro atoms. The first-order valence-corrected chi connectivity index (χ1v) is 4.77. The first kappa shape index (κ1) is 15.2. The van der Waals surface area contributed by atoms with Crippen LogP contribution in [-0.2, 0) is 0 Å². The van der Waals surface area contributed by atoms with Crippen LogP contribution in [-0.4, -0.2) is 33.7 Å². The lowest BCUT2D eigenvalue weighted by molar-refractivity contribution is -0.355. The highest BCUT2D eigenvalue weighted by Crippen LogP contribution is 2.48. The quantitative estimate of drug-likeness (QED) is 0.468. The zero-order valence-electron chi connectivity index (χ0n) is 6.96. The van der Waals surface area contributed by atoms with Crippen molar-refractivity contribution in [2.75, 3.05) is 6.61 Å². The summed E-state index contributed by atoms with van der Waals surface area (Å²) in [5, 5.41) is 8.30.